The van der Waals surface area contributed by atoms with Crippen LogP contribution in [0.5, 0.6) is 5.75 Å². The third kappa shape index (κ3) is 5.02. The van der Waals surface area contributed by atoms with Gasteiger partial charge in [0.25, 0.3) is 5.91 Å². The standard InChI is InChI=1S/C23H30N2O4S/c1-4-25(30(27,28)22-13-11-21(29-3)12-14-22)17-19-7-9-20(10-8-19)23(26)24-15-5-6-18(2)16-24/h7-14,18H,4-6,15-17H2,1-3H3/t18-/m0/s1. The fourth-order valence-corrected chi connectivity index (χ4v) is 5.21. The number of hydrogen-bond acceptors (Lipinski definition) is 4. The van der Waals surface area contributed by atoms with Crippen LogP contribution in [0.4, 0.5) is 0 Å². The summed E-state index contributed by atoms with van der Waals surface area (Å²) in [7, 11) is -2.08. The summed E-state index contributed by atoms with van der Waals surface area (Å²) < 4.78 is 32.5. The molecular formula is C23H30N2O4S. The number of benzene rings is 2. The van der Waals surface area contributed by atoms with E-state index in [0.717, 1.165) is 31.5 Å². The quantitative estimate of drug-likeness (QED) is 0.671. The number of methoxy groups -OCH3 is 1. The molecule has 6 nitrogen and oxygen atoms in total. The number of carbonyl (C=O) groups excluding carboxylic acids is 1. The Morgan fingerprint density at radius 3 is 2.37 bits per heavy atom. The predicted molar refractivity (Wildman–Crippen MR) is 117 cm³/mol. The van der Waals surface area contributed by atoms with Crippen molar-refractivity contribution in [1.82, 2.24) is 9.21 Å². The zero-order chi connectivity index (χ0) is 21.7. The summed E-state index contributed by atoms with van der Waals surface area (Å²) in [5, 5.41) is 0. The average Bonchev–Trinajstić information content (AvgIpc) is 2.77. The molecule has 30 heavy (non-hydrogen) atoms. The summed E-state index contributed by atoms with van der Waals surface area (Å²) in [6.45, 7) is 6.18. The van der Waals surface area contributed by atoms with Gasteiger partial charge in [0.05, 0.1) is 12.0 Å². The Bertz CT molecular complexity index is 956. The van der Waals surface area contributed by atoms with Gasteiger partial charge in [-0.1, -0.05) is 26.0 Å². The third-order valence-electron chi connectivity index (χ3n) is 5.55. The molecule has 162 valence electrons. The Balaban J connectivity index is 1.71. The fourth-order valence-electron chi connectivity index (χ4n) is 3.78. The lowest BCUT2D eigenvalue weighted by atomic mass is 9.99. The van der Waals surface area contributed by atoms with E-state index < -0.39 is 10.0 Å². The van der Waals surface area contributed by atoms with E-state index in [9.17, 15) is 13.2 Å². The molecule has 0 radical (unpaired) electrons. The summed E-state index contributed by atoms with van der Waals surface area (Å²) in [5.41, 5.74) is 1.49. The third-order valence-corrected chi connectivity index (χ3v) is 7.49. The molecule has 7 heteroatoms. The van der Waals surface area contributed by atoms with E-state index in [-0.39, 0.29) is 17.3 Å². The molecule has 0 aromatic heterocycles. The first-order valence-corrected chi connectivity index (χ1v) is 11.8. The van der Waals surface area contributed by atoms with Crippen LogP contribution in [0.2, 0.25) is 0 Å². The second-order valence-corrected chi connectivity index (χ2v) is 9.74. The number of sulfonamides is 1. The fraction of sp³-hybridized carbons (Fsp3) is 0.435. The van der Waals surface area contributed by atoms with Gasteiger partial charge in [-0.15, -0.1) is 0 Å². The molecule has 3 rings (SSSR count). The first kappa shape index (κ1) is 22.3. The summed E-state index contributed by atoms with van der Waals surface area (Å²) in [4.78, 5) is 14.9. The van der Waals surface area contributed by atoms with Crippen molar-refractivity contribution >= 4 is 15.9 Å². The number of ether oxygens (including phenoxy) is 1. The molecule has 2 aromatic carbocycles. The SMILES string of the molecule is CCN(Cc1ccc(C(=O)N2CCC[C@H](C)C2)cc1)S(=O)(=O)c1ccc(OC)cc1. The maximum Gasteiger partial charge on any atom is 0.253 e. The molecule has 0 spiro atoms. The van der Waals surface area contributed by atoms with Crippen LogP contribution in [-0.2, 0) is 16.6 Å². The maximum absolute atomic E-state index is 13.0. The highest BCUT2D eigenvalue weighted by Crippen LogP contribution is 2.22. The Kier molecular flexibility index (Phi) is 7.15. The van der Waals surface area contributed by atoms with Crippen molar-refractivity contribution in [1.29, 1.82) is 0 Å². The molecule has 1 amide bonds. The van der Waals surface area contributed by atoms with Gasteiger partial charge >= 0.3 is 0 Å². The zero-order valence-corrected chi connectivity index (χ0v) is 18.7. The molecule has 0 bridgehead atoms. The van der Waals surface area contributed by atoms with Gasteiger partial charge in [0.1, 0.15) is 5.75 Å². The van der Waals surface area contributed by atoms with Crippen LogP contribution in [0, 0.1) is 5.92 Å². The van der Waals surface area contributed by atoms with Crippen molar-refractivity contribution in [2.75, 3.05) is 26.7 Å². The Hall–Kier alpha value is -2.38. The number of amides is 1. The van der Waals surface area contributed by atoms with Gasteiger partial charge in [0.2, 0.25) is 10.0 Å². The average molecular weight is 431 g/mol. The molecule has 1 heterocycles. The van der Waals surface area contributed by atoms with Crippen LogP contribution >= 0.6 is 0 Å². The molecule has 1 saturated heterocycles. The summed E-state index contributed by atoms with van der Waals surface area (Å²) in [6, 6.07) is 13.7. The van der Waals surface area contributed by atoms with E-state index in [4.69, 9.17) is 4.74 Å². The lowest BCUT2D eigenvalue weighted by Crippen LogP contribution is -2.39. The summed E-state index contributed by atoms with van der Waals surface area (Å²) in [6.07, 6.45) is 2.21. The second-order valence-electron chi connectivity index (χ2n) is 7.80. The van der Waals surface area contributed by atoms with Gasteiger partial charge in [-0.05, 0) is 60.7 Å². The number of likely N-dealkylation sites (tertiary alicyclic amines) is 1. The number of hydrogen-bond donors (Lipinski definition) is 0. The lowest BCUT2D eigenvalue weighted by molar-refractivity contribution is 0.0683. The van der Waals surface area contributed by atoms with Crippen molar-refractivity contribution in [3.63, 3.8) is 0 Å². The molecule has 0 aliphatic carbocycles. The van der Waals surface area contributed by atoms with Crippen LogP contribution in [0.1, 0.15) is 42.6 Å². The van der Waals surface area contributed by atoms with Crippen LogP contribution < -0.4 is 4.74 Å². The molecule has 0 N–H and O–H groups in total. The molecule has 1 aliphatic heterocycles. The van der Waals surface area contributed by atoms with E-state index in [0.29, 0.717) is 23.8 Å². The van der Waals surface area contributed by atoms with Crippen LogP contribution in [-0.4, -0.2) is 50.3 Å². The van der Waals surface area contributed by atoms with Crippen molar-refractivity contribution < 1.29 is 17.9 Å². The van der Waals surface area contributed by atoms with E-state index in [1.54, 1.807) is 43.5 Å². The minimum atomic E-state index is -3.62. The van der Waals surface area contributed by atoms with Crippen molar-refractivity contribution in [2.45, 2.75) is 38.1 Å². The first-order chi connectivity index (χ1) is 14.3. The van der Waals surface area contributed by atoms with Crippen LogP contribution in [0.25, 0.3) is 0 Å². The Morgan fingerprint density at radius 1 is 1.13 bits per heavy atom. The Labute approximate surface area is 179 Å². The minimum absolute atomic E-state index is 0.0475. The van der Waals surface area contributed by atoms with Gasteiger partial charge in [-0.2, -0.15) is 4.31 Å². The lowest BCUT2D eigenvalue weighted by Gasteiger charge is -2.31. The molecule has 0 saturated carbocycles. The molecule has 0 unspecified atom stereocenters. The van der Waals surface area contributed by atoms with Crippen molar-refractivity contribution in [2.24, 2.45) is 5.92 Å². The van der Waals surface area contributed by atoms with Gasteiger partial charge in [0, 0.05) is 31.7 Å². The van der Waals surface area contributed by atoms with E-state index in [2.05, 4.69) is 6.92 Å². The topological polar surface area (TPSA) is 66.9 Å². The highest BCUT2D eigenvalue weighted by Gasteiger charge is 2.24. The normalized spacial score (nSPS) is 17.2. The van der Waals surface area contributed by atoms with Gasteiger partial charge < -0.3 is 9.64 Å². The van der Waals surface area contributed by atoms with Gasteiger partial charge in [0.15, 0.2) is 0 Å². The van der Waals surface area contributed by atoms with Gasteiger partial charge in [-0.3, -0.25) is 4.79 Å². The predicted octanol–water partition coefficient (Wildman–Crippen LogP) is 3.78. The van der Waals surface area contributed by atoms with E-state index in [1.165, 1.54) is 4.31 Å². The number of carbonyl (C=O) groups is 1. The minimum Gasteiger partial charge on any atom is -0.497 e. The molecule has 1 atom stereocenters. The maximum atomic E-state index is 13.0. The number of rotatable bonds is 7. The molecular weight excluding hydrogens is 400 g/mol. The van der Waals surface area contributed by atoms with Crippen LogP contribution in [0.15, 0.2) is 53.4 Å². The second kappa shape index (κ2) is 9.62. The summed E-state index contributed by atoms with van der Waals surface area (Å²) in [5.74, 6) is 1.19. The van der Waals surface area contributed by atoms with Crippen molar-refractivity contribution in [3.05, 3.63) is 59.7 Å². The van der Waals surface area contributed by atoms with E-state index >= 15 is 0 Å². The largest absolute Gasteiger partial charge is 0.497 e. The molecule has 1 fully saturated rings. The Morgan fingerprint density at radius 2 is 1.80 bits per heavy atom. The number of nitrogens with zero attached hydrogens (tertiary/aromatic N) is 2. The van der Waals surface area contributed by atoms with E-state index in [1.807, 2.05) is 24.0 Å². The molecule has 1 aliphatic rings. The van der Waals surface area contributed by atoms with Crippen molar-refractivity contribution in [3.8, 4) is 5.75 Å². The highest BCUT2D eigenvalue weighted by atomic mass is 32.2. The highest BCUT2D eigenvalue weighted by molar-refractivity contribution is 7.89. The smallest absolute Gasteiger partial charge is 0.253 e. The first-order valence-electron chi connectivity index (χ1n) is 10.4. The zero-order valence-electron chi connectivity index (χ0n) is 17.9. The summed E-state index contributed by atoms with van der Waals surface area (Å²) >= 11 is 0. The molecule has 2 aromatic rings. The number of piperidine rings is 1. The van der Waals surface area contributed by atoms with Crippen LogP contribution in [0.3, 0.4) is 0 Å². The monoisotopic (exact) mass is 430 g/mol. The van der Waals surface area contributed by atoms with Gasteiger partial charge in [-0.25, -0.2) is 8.42 Å².